The van der Waals surface area contributed by atoms with E-state index >= 15 is 0 Å². The van der Waals surface area contributed by atoms with Gasteiger partial charge in [0, 0.05) is 30.9 Å². The van der Waals surface area contributed by atoms with Crippen LogP contribution in [0.1, 0.15) is 40.2 Å². The lowest BCUT2D eigenvalue weighted by Gasteiger charge is -2.33. The van der Waals surface area contributed by atoms with Gasteiger partial charge >= 0.3 is 6.18 Å². The fraction of sp³-hybridized carbons (Fsp3) is 0.579. The van der Waals surface area contributed by atoms with Crippen LogP contribution < -0.4 is 10.6 Å². The minimum absolute atomic E-state index is 0.118. The topological polar surface area (TPSA) is 71.4 Å². The molecule has 0 bridgehead atoms. The SMILES string of the molecule is O=C(NCCCN1CCOCC1)c1cnn2c1N[C@@H](c1cccs1)C[C@@H]2C(F)(F)F. The van der Waals surface area contributed by atoms with Gasteiger partial charge in [0.1, 0.15) is 11.4 Å². The van der Waals surface area contributed by atoms with Crippen LogP contribution in [0.15, 0.2) is 23.7 Å². The maximum atomic E-state index is 13.7. The van der Waals surface area contributed by atoms with E-state index in [0.29, 0.717) is 19.8 Å². The van der Waals surface area contributed by atoms with Gasteiger partial charge < -0.3 is 15.4 Å². The number of halogens is 3. The summed E-state index contributed by atoms with van der Waals surface area (Å²) in [4.78, 5) is 15.7. The van der Waals surface area contributed by atoms with Crippen molar-refractivity contribution < 1.29 is 22.7 Å². The van der Waals surface area contributed by atoms with E-state index in [1.165, 1.54) is 17.5 Å². The van der Waals surface area contributed by atoms with Gasteiger partial charge in [-0.25, -0.2) is 4.68 Å². The largest absolute Gasteiger partial charge is 0.410 e. The molecule has 2 aliphatic heterocycles. The average molecular weight is 443 g/mol. The number of hydrogen-bond donors (Lipinski definition) is 2. The highest BCUT2D eigenvalue weighted by Crippen LogP contribution is 2.44. The molecule has 30 heavy (non-hydrogen) atoms. The molecule has 1 saturated heterocycles. The highest BCUT2D eigenvalue weighted by atomic mass is 32.1. The summed E-state index contributed by atoms with van der Waals surface area (Å²) in [6, 6.07) is 1.31. The Balaban J connectivity index is 1.43. The van der Waals surface area contributed by atoms with Gasteiger partial charge in [0.15, 0.2) is 6.04 Å². The number of nitrogens with zero attached hydrogens (tertiary/aromatic N) is 3. The van der Waals surface area contributed by atoms with E-state index in [1.54, 1.807) is 12.1 Å². The maximum absolute atomic E-state index is 13.7. The number of carbonyl (C=O) groups excluding carboxylic acids is 1. The summed E-state index contributed by atoms with van der Waals surface area (Å²) in [7, 11) is 0. The second-order valence-corrected chi connectivity index (χ2v) is 8.40. The Morgan fingerprint density at radius 2 is 2.17 bits per heavy atom. The summed E-state index contributed by atoms with van der Waals surface area (Å²) in [5.41, 5.74) is 0.136. The Morgan fingerprint density at radius 1 is 1.37 bits per heavy atom. The van der Waals surface area contributed by atoms with E-state index in [4.69, 9.17) is 4.74 Å². The minimum Gasteiger partial charge on any atom is -0.379 e. The first-order chi connectivity index (χ1) is 14.4. The van der Waals surface area contributed by atoms with Crippen molar-refractivity contribution in [2.75, 3.05) is 44.7 Å². The number of alkyl halides is 3. The Hall–Kier alpha value is -2.11. The van der Waals surface area contributed by atoms with Gasteiger partial charge in [-0.2, -0.15) is 18.3 Å². The third kappa shape index (κ3) is 4.62. The quantitative estimate of drug-likeness (QED) is 0.672. The predicted octanol–water partition coefficient (Wildman–Crippen LogP) is 3.06. The fourth-order valence-corrected chi connectivity index (χ4v) is 4.62. The molecule has 2 aromatic heterocycles. The van der Waals surface area contributed by atoms with Crippen molar-refractivity contribution in [1.82, 2.24) is 20.0 Å². The maximum Gasteiger partial charge on any atom is 0.410 e. The van der Waals surface area contributed by atoms with Crippen molar-refractivity contribution in [3.8, 4) is 0 Å². The van der Waals surface area contributed by atoms with Crippen molar-refractivity contribution in [2.24, 2.45) is 0 Å². The summed E-state index contributed by atoms with van der Waals surface area (Å²) < 4.78 is 47.2. The van der Waals surface area contributed by atoms with Gasteiger partial charge in [-0.3, -0.25) is 9.69 Å². The van der Waals surface area contributed by atoms with Crippen LogP contribution in [0.25, 0.3) is 0 Å². The molecule has 1 amide bonds. The molecule has 2 aliphatic rings. The number of nitrogens with one attached hydrogen (secondary N) is 2. The van der Waals surface area contributed by atoms with Crippen LogP contribution in [0.2, 0.25) is 0 Å². The smallest absolute Gasteiger partial charge is 0.379 e. The van der Waals surface area contributed by atoms with E-state index in [0.717, 1.165) is 35.6 Å². The number of anilines is 1. The molecule has 0 saturated carbocycles. The molecule has 11 heteroatoms. The predicted molar refractivity (Wildman–Crippen MR) is 107 cm³/mol. The Bertz CT molecular complexity index is 849. The van der Waals surface area contributed by atoms with E-state index < -0.39 is 24.2 Å². The number of amides is 1. The van der Waals surface area contributed by atoms with Crippen molar-refractivity contribution in [3.63, 3.8) is 0 Å². The lowest BCUT2D eigenvalue weighted by atomic mass is 10.0. The molecule has 2 atom stereocenters. The second-order valence-electron chi connectivity index (χ2n) is 7.42. The standard InChI is InChI=1S/C19H24F3N5O2S/c20-19(21,22)16-11-14(15-3-1-10-30-15)25-17-13(12-24-27(16)17)18(28)23-4-2-5-26-6-8-29-9-7-26/h1,3,10,12,14,16,25H,2,4-9,11H2,(H,23,28)/t14-,16-/m1/s1. The zero-order valence-corrected chi connectivity index (χ0v) is 17.1. The van der Waals surface area contributed by atoms with Gasteiger partial charge in [0.2, 0.25) is 0 Å². The highest BCUT2D eigenvalue weighted by Gasteiger charge is 2.47. The summed E-state index contributed by atoms with van der Waals surface area (Å²) in [6.45, 7) is 4.45. The average Bonchev–Trinajstić information content (AvgIpc) is 3.40. The molecule has 7 nitrogen and oxygen atoms in total. The van der Waals surface area contributed by atoms with E-state index in [-0.39, 0.29) is 17.8 Å². The second kappa shape index (κ2) is 8.94. The number of thiophene rings is 1. The van der Waals surface area contributed by atoms with Gasteiger partial charge in [-0.15, -0.1) is 11.3 Å². The Labute approximate surface area is 176 Å². The number of rotatable bonds is 6. The summed E-state index contributed by atoms with van der Waals surface area (Å²) in [5.74, 6) is -0.300. The first-order valence-corrected chi connectivity index (χ1v) is 10.8. The van der Waals surface area contributed by atoms with Crippen LogP contribution in [-0.4, -0.2) is 66.2 Å². The van der Waals surface area contributed by atoms with E-state index in [9.17, 15) is 18.0 Å². The van der Waals surface area contributed by atoms with Gasteiger partial charge in [-0.1, -0.05) is 6.07 Å². The van der Waals surface area contributed by atoms with Crippen LogP contribution in [0.3, 0.4) is 0 Å². The summed E-state index contributed by atoms with van der Waals surface area (Å²) in [6.07, 6.45) is -2.65. The molecule has 0 radical (unpaired) electrons. The monoisotopic (exact) mass is 443 g/mol. The number of ether oxygens (including phenoxy) is 1. The molecule has 164 valence electrons. The lowest BCUT2D eigenvalue weighted by Crippen LogP contribution is -2.38. The number of morpholine rings is 1. The molecular weight excluding hydrogens is 419 g/mol. The van der Waals surface area contributed by atoms with Gasteiger partial charge in [-0.05, 0) is 24.4 Å². The molecular formula is C19H24F3N5O2S. The highest BCUT2D eigenvalue weighted by molar-refractivity contribution is 7.10. The molecule has 2 aromatic rings. The number of aromatic nitrogens is 2. The number of carbonyl (C=O) groups is 1. The number of fused-ring (bicyclic) bond motifs is 1. The van der Waals surface area contributed by atoms with Crippen LogP contribution in [0.5, 0.6) is 0 Å². The molecule has 4 heterocycles. The molecule has 0 spiro atoms. The van der Waals surface area contributed by atoms with Crippen LogP contribution in [0.4, 0.5) is 19.0 Å². The minimum atomic E-state index is -4.45. The van der Waals surface area contributed by atoms with E-state index in [2.05, 4.69) is 20.6 Å². The Morgan fingerprint density at radius 3 is 2.87 bits per heavy atom. The van der Waals surface area contributed by atoms with Crippen LogP contribution >= 0.6 is 11.3 Å². The third-order valence-electron chi connectivity index (χ3n) is 5.41. The molecule has 4 rings (SSSR count). The zero-order valence-electron chi connectivity index (χ0n) is 16.3. The zero-order chi connectivity index (χ0) is 21.1. The first kappa shape index (κ1) is 21.1. The van der Waals surface area contributed by atoms with Crippen molar-refractivity contribution in [2.45, 2.75) is 31.1 Å². The van der Waals surface area contributed by atoms with Crippen LogP contribution in [-0.2, 0) is 4.74 Å². The Kier molecular flexibility index (Phi) is 6.30. The van der Waals surface area contributed by atoms with Gasteiger partial charge in [0.05, 0.1) is 25.5 Å². The molecule has 2 N–H and O–H groups in total. The van der Waals surface area contributed by atoms with Crippen LogP contribution in [0, 0.1) is 0 Å². The number of hydrogen-bond acceptors (Lipinski definition) is 6. The van der Waals surface area contributed by atoms with Crippen molar-refractivity contribution in [3.05, 3.63) is 34.2 Å². The third-order valence-corrected chi connectivity index (χ3v) is 6.40. The normalized spacial score (nSPS) is 22.4. The van der Waals surface area contributed by atoms with E-state index in [1.807, 2.05) is 5.38 Å². The summed E-state index contributed by atoms with van der Waals surface area (Å²) in [5, 5.41) is 11.6. The molecule has 0 aromatic carbocycles. The van der Waals surface area contributed by atoms with Crippen molar-refractivity contribution >= 4 is 23.1 Å². The first-order valence-electron chi connectivity index (χ1n) is 9.96. The molecule has 1 fully saturated rings. The molecule has 0 aliphatic carbocycles. The summed E-state index contributed by atoms with van der Waals surface area (Å²) >= 11 is 1.39. The lowest BCUT2D eigenvalue weighted by molar-refractivity contribution is -0.173. The van der Waals surface area contributed by atoms with Crippen molar-refractivity contribution in [1.29, 1.82) is 0 Å². The fourth-order valence-electron chi connectivity index (χ4n) is 3.83. The molecule has 0 unspecified atom stereocenters. The van der Waals surface area contributed by atoms with Gasteiger partial charge in [0.25, 0.3) is 5.91 Å².